The molecule has 0 radical (unpaired) electrons. The summed E-state index contributed by atoms with van der Waals surface area (Å²) in [5.41, 5.74) is 3.09. The van der Waals surface area contributed by atoms with Crippen molar-refractivity contribution in [1.82, 2.24) is 5.32 Å². The highest BCUT2D eigenvalue weighted by atomic mass is 16.5. The van der Waals surface area contributed by atoms with E-state index in [0.29, 0.717) is 12.0 Å². The third-order valence-corrected chi connectivity index (χ3v) is 4.62. The molecule has 0 aromatic heterocycles. The average molecular weight is 245 g/mol. The van der Waals surface area contributed by atoms with Gasteiger partial charge in [-0.2, -0.15) is 0 Å². The molecule has 1 aromatic carbocycles. The lowest BCUT2D eigenvalue weighted by molar-refractivity contribution is 0.177. The fraction of sp³-hybridized carbons (Fsp3) is 0.625. The maximum Gasteiger partial charge on any atom is 0.0513 e. The Morgan fingerprint density at radius 3 is 2.67 bits per heavy atom. The number of ether oxygens (including phenoxy) is 1. The van der Waals surface area contributed by atoms with Crippen LogP contribution in [0.25, 0.3) is 0 Å². The molecule has 1 saturated heterocycles. The first-order chi connectivity index (χ1) is 8.90. The summed E-state index contributed by atoms with van der Waals surface area (Å²) in [5, 5.41) is 3.52. The molecule has 2 unspecified atom stereocenters. The fourth-order valence-corrected chi connectivity index (χ4v) is 3.35. The Hall–Kier alpha value is -0.860. The Balaban J connectivity index is 1.88. The van der Waals surface area contributed by atoms with Crippen LogP contribution in [0.3, 0.4) is 0 Å². The van der Waals surface area contributed by atoms with Crippen molar-refractivity contribution in [2.45, 2.75) is 37.6 Å². The van der Waals surface area contributed by atoms with Crippen LogP contribution < -0.4 is 5.32 Å². The highest BCUT2D eigenvalue weighted by Gasteiger charge is 2.30. The van der Waals surface area contributed by atoms with Crippen LogP contribution in [0.2, 0.25) is 0 Å². The Bertz CT molecular complexity index is 394. The van der Waals surface area contributed by atoms with Gasteiger partial charge in [0.25, 0.3) is 0 Å². The van der Waals surface area contributed by atoms with E-state index in [0.717, 1.165) is 19.1 Å². The first-order valence-electron chi connectivity index (χ1n) is 7.24. The van der Waals surface area contributed by atoms with Gasteiger partial charge >= 0.3 is 0 Å². The fourth-order valence-electron chi connectivity index (χ4n) is 3.35. The number of hydrogen-bond acceptors (Lipinski definition) is 2. The monoisotopic (exact) mass is 245 g/mol. The zero-order valence-corrected chi connectivity index (χ0v) is 11.2. The summed E-state index contributed by atoms with van der Waals surface area (Å²) in [4.78, 5) is 0. The lowest BCUT2D eigenvalue weighted by Crippen LogP contribution is -2.27. The van der Waals surface area contributed by atoms with Gasteiger partial charge in [0.05, 0.1) is 6.61 Å². The van der Waals surface area contributed by atoms with E-state index in [4.69, 9.17) is 4.74 Å². The van der Waals surface area contributed by atoms with E-state index in [9.17, 15) is 0 Å². The zero-order valence-electron chi connectivity index (χ0n) is 11.2. The molecule has 0 amide bonds. The molecule has 0 bridgehead atoms. The molecule has 1 aliphatic heterocycles. The minimum Gasteiger partial charge on any atom is -0.381 e. The highest BCUT2D eigenvalue weighted by Crippen LogP contribution is 2.41. The third kappa shape index (κ3) is 2.19. The number of rotatable bonds is 4. The maximum absolute atomic E-state index is 5.56. The van der Waals surface area contributed by atoms with Gasteiger partial charge in [0.15, 0.2) is 0 Å². The molecule has 0 spiro atoms. The molecule has 2 heteroatoms. The van der Waals surface area contributed by atoms with Crippen molar-refractivity contribution in [3.8, 4) is 0 Å². The van der Waals surface area contributed by atoms with Crippen LogP contribution in [0.4, 0.5) is 0 Å². The summed E-state index contributed by atoms with van der Waals surface area (Å²) >= 11 is 0. The van der Waals surface area contributed by atoms with E-state index >= 15 is 0 Å². The normalized spacial score (nSPS) is 25.9. The average Bonchev–Trinajstić information content (AvgIpc) is 2.84. The molecular formula is C16H23NO. The van der Waals surface area contributed by atoms with Gasteiger partial charge < -0.3 is 10.1 Å². The van der Waals surface area contributed by atoms with Crippen molar-refractivity contribution in [1.29, 1.82) is 0 Å². The molecule has 1 saturated carbocycles. The molecule has 2 nitrogen and oxygen atoms in total. The van der Waals surface area contributed by atoms with Crippen LogP contribution in [0.1, 0.15) is 48.8 Å². The first-order valence-corrected chi connectivity index (χ1v) is 7.24. The van der Waals surface area contributed by atoms with Gasteiger partial charge in [-0.3, -0.25) is 0 Å². The number of nitrogens with one attached hydrogen (secondary N) is 1. The van der Waals surface area contributed by atoms with E-state index in [1.807, 2.05) is 0 Å². The summed E-state index contributed by atoms with van der Waals surface area (Å²) in [7, 11) is 2.08. The van der Waals surface area contributed by atoms with E-state index < -0.39 is 0 Å². The van der Waals surface area contributed by atoms with Crippen molar-refractivity contribution in [2.75, 3.05) is 20.3 Å². The molecule has 3 rings (SSSR count). The van der Waals surface area contributed by atoms with Crippen LogP contribution in [-0.2, 0) is 4.74 Å². The van der Waals surface area contributed by atoms with Gasteiger partial charge in [0.2, 0.25) is 0 Å². The largest absolute Gasteiger partial charge is 0.381 e. The van der Waals surface area contributed by atoms with E-state index in [2.05, 4.69) is 36.6 Å². The molecular weight excluding hydrogens is 222 g/mol. The van der Waals surface area contributed by atoms with Gasteiger partial charge in [-0.05, 0) is 43.4 Å². The molecule has 2 fully saturated rings. The van der Waals surface area contributed by atoms with Gasteiger partial charge in [-0.15, -0.1) is 0 Å². The molecule has 1 aromatic rings. The van der Waals surface area contributed by atoms with Crippen molar-refractivity contribution in [2.24, 2.45) is 5.92 Å². The second-order valence-electron chi connectivity index (χ2n) is 5.65. The van der Waals surface area contributed by atoms with Gasteiger partial charge in [-0.25, -0.2) is 0 Å². The molecule has 2 atom stereocenters. The van der Waals surface area contributed by atoms with Crippen molar-refractivity contribution >= 4 is 0 Å². The van der Waals surface area contributed by atoms with E-state index in [1.54, 1.807) is 5.56 Å². The zero-order chi connectivity index (χ0) is 12.4. The predicted molar refractivity (Wildman–Crippen MR) is 73.8 cm³/mol. The van der Waals surface area contributed by atoms with Crippen LogP contribution in [0, 0.1) is 5.92 Å². The molecule has 98 valence electrons. The molecule has 1 heterocycles. The highest BCUT2D eigenvalue weighted by molar-refractivity contribution is 5.34. The van der Waals surface area contributed by atoms with Crippen molar-refractivity contribution in [3.05, 3.63) is 35.4 Å². The van der Waals surface area contributed by atoms with Crippen LogP contribution in [0.15, 0.2) is 24.3 Å². The second kappa shape index (κ2) is 5.41. The number of benzene rings is 1. The minimum atomic E-state index is 0.462. The second-order valence-corrected chi connectivity index (χ2v) is 5.65. The van der Waals surface area contributed by atoms with Crippen LogP contribution >= 0.6 is 0 Å². The predicted octanol–water partition coefficient (Wildman–Crippen LogP) is 3.25. The topological polar surface area (TPSA) is 21.3 Å². The Morgan fingerprint density at radius 1 is 1.22 bits per heavy atom. The van der Waals surface area contributed by atoms with Gasteiger partial charge in [0.1, 0.15) is 0 Å². The number of hydrogen-bond donors (Lipinski definition) is 1. The van der Waals surface area contributed by atoms with Crippen molar-refractivity contribution < 1.29 is 4.74 Å². The SMILES string of the molecule is CNC(c1ccccc1C1CCC1)C1CCOC1. The first kappa shape index (κ1) is 12.2. The van der Waals surface area contributed by atoms with Crippen LogP contribution in [-0.4, -0.2) is 20.3 Å². The lowest BCUT2D eigenvalue weighted by atomic mass is 9.76. The summed E-state index contributed by atoms with van der Waals surface area (Å²) < 4.78 is 5.56. The van der Waals surface area contributed by atoms with Crippen LogP contribution in [0.5, 0.6) is 0 Å². The van der Waals surface area contributed by atoms with Gasteiger partial charge in [-0.1, -0.05) is 30.7 Å². The van der Waals surface area contributed by atoms with Gasteiger partial charge in [0, 0.05) is 18.6 Å². The molecule has 2 aliphatic rings. The Labute approximate surface area is 110 Å². The summed E-state index contributed by atoms with van der Waals surface area (Å²) in [6.07, 6.45) is 5.32. The molecule has 1 aliphatic carbocycles. The third-order valence-electron chi connectivity index (χ3n) is 4.62. The Morgan fingerprint density at radius 2 is 2.06 bits per heavy atom. The smallest absolute Gasteiger partial charge is 0.0513 e. The Kier molecular flexibility index (Phi) is 3.67. The summed E-state index contributed by atoms with van der Waals surface area (Å²) in [6, 6.07) is 9.48. The molecule has 1 N–H and O–H groups in total. The quantitative estimate of drug-likeness (QED) is 0.879. The lowest BCUT2D eigenvalue weighted by Gasteiger charge is -2.32. The molecule has 18 heavy (non-hydrogen) atoms. The maximum atomic E-state index is 5.56. The summed E-state index contributed by atoms with van der Waals surface area (Å²) in [6.45, 7) is 1.83. The van der Waals surface area contributed by atoms with Crippen molar-refractivity contribution in [3.63, 3.8) is 0 Å². The van der Waals surface area contributed by atoms with E-state index in [-0.39, 0.29) is 0 Å². The summed E-state index contributed by atoms with van der Waals surface area (Å²) in [5.74, 6) is 1.44. The van der Waals surface area contributed by atoms with E-state index in [1.165, 1.54) is 31.2 Å². The standard InChI is InChI=1S/C16H23NO/c1-17-16(13-9-10-18-11-13)15-8-3-2-7-14(15)12-5-4-6-12/h2-3,7-8,12-13,16-17H,4-6,9-11H2,1H3. The minimum absolute atomic E-state index is 0.462.